The highest BCUT2D eigenvalue weighted by molar-refractivity contribution is 6.42. The lowest BCUT2D eigenvalue weighted by Crippen LogP contribution is -1.98. The van der Waals surface area contributed by atoms with Gasteiger partial charge in [0.05, 0.1) is 17.2 Å². The molecule has 0 saturated heterocycles. The first-order valence-corrected chi connectivity index (χ1v) is 7.13. The number of ketones is 1. The van der Waals surface area contributed by atoms with Crippen molar-refractivity contribution in [2.75, 3.05) is 7.11 Å². The van der Waals surface area contributed by atoms with Crippen molar-refractivity contribution in [2.45, 2.75) is 6.42 Å². The van der Waals surface area contributed by atoms with E-state index in [4.69, 9.17) is 27.9 Å². The molecule has 2 rings (SSSR count). The second kappa shape index (κ2) is 7.30. The van der Waals surface area contributed by atoms with Crippen LogP contribution in [-0.4, -0.2) is 12.9 Å². The van der Waals surface area contributed by atoms with Gasteiger partial charge in [0, 0.05) is 6.42 Å². The Morgan fingerprint density at radius 1 is 1.14 bits per heavy atom. The summed E-state index contributed by atoms with van der Waals surface area (Å²) in [5.74, 6) is 0.753. The van der Waals surface area contributed by atoms with Gasteiger partial charge in [0.25, 0.3) is 0 Å². The van der Waals surface area contributed by atoms with Crippen molar-refractivity contribution in [3.63, 3.8) is 0 Å². The van der Waals surface area contributed by atoms with E-state index in [-0.39, 0.29) is 5.78 Å². The van der Waals surface area contributed by atoms with Gasteiger partial charge in [0.2, 0.25) is 0 Å². The van der Waals surface area contributed by atoms with Crippen molar-refractivity contribution in [1.82, 2.24) is 0 Å². The molecule has 21 heavy (non-hydrogen) atoms. The molecule has 0 aromatic heterocycles. The molecule has 108 valence electrons. The van der Waals surface area contributed by atoms with Gasteiger partial charge in [-0.05, 0) is 41.5 Å². The van der Waals surface area contributed by atoms with E-state index in [0.717, 1.165) is 16.9 Å². The third-order valence-electron chi connectivity index (χ3n) is 2.92. The first-order valence-electron chi connectivity index (χ1n) is 6.37. The fraction of sp³-hybridized carbons (Fsp3) is 0.118. The summed E-state index contributed by atoms with van der Waals surface area (Å²) in [4.78, 5) is 12.0. The topological polar surface area (TPSA) is 26.3 Å². The highest BCUT2D eigenvalue weighted by atomic mass is 35.5. The average molecular weight is 321 g/mol. The van der Waals surface area contributed by atoms with E-state index in [1.807, 2.05) is 30.3 Å². The molecule has 0 aliphatic rings. The molecule has 0 aliphatic carbocycles. The maximum absolute atomic E-state index is 12.0. The van der Waals surface area contributed by atoms with Crippen LogP contribution in [0.4, 0.5) is 0 Å². The molecule has 0 N–H and O–H groups in total. The number of carbonyl (C=O) groups is 1. The minimum absolute atomic E-state index is 0.00863. The molecule has 0 aliphatic heterocycles. The van der Waals surface area contributed by atoms with Crippen LogP contribution < -0.4 is 4.74 Å². The average Bonchev–Trinajstić information content (AvgIpc) is 2.48. The number of carbonyl (C=O) groups excluding carboxylic acids is 1. The zero-order chi connectivity index (χ0) is 15.2. The molecule has 0 bridgehead atoms. The van der Waals surface area contributed by atoms with Crippen LogP contribution in [0.5, 0.6) is 5.75 Å². The number of methoxy groups -OCH3 is 1. The molecular formula is C17H14Cl2O2. The third kappa shape index (κ3) is 4.62. The van der Waals surface area contributed by atoms with Gasteiger partial charge in [-0.15, -0.1) is 0 Å². The first kappa shape index (κ1) is 15.6. The molecule has 0 unspecified atom stereocenters. The van der Waals surface area contributed by atoms with Gasteiger partial charge < -0.3 is 4.74 Å². The van der Waals surface area contributed by atoms with Gasteiger partial charge >= 0.3 is 0 Å². The first-order chi connectivity index (χ1) is 10.1. The number of halogens is 2. The minimum Gasteiger partial charge on any atom is -0.497 e. The molecule has 2 aromatic rings. The van der Waals surface area contributed by atoms with Crippen molar-refractivity contribution < 1.29 is 9.53 Å². The Balaban J connectivity index is 2.03. The fourth-order valence-corrected chi connectivity index (χ4v) is 2.15. The van der Waals surface area contributed by atoms with Crippen LogP contribution in [0.3, 0.4) is 0 Å². The third-order valence-corrected chi connectivity index (χ3v) is 3.66. The lowest BCUT2D eigenvalue weighted by atomic mass is 10.1. The Morgan fingerprint density at radius 3 is 2.67 bits per heavy atom. The molecule has 0 fully saturated rings. The standard InChI is InChI=1S/C17H14Cl2O2/c1-21-15-4-2-3-13(10-15)9-14(20)7-5-12-6-8-16(18)17(19)11-12/h2-8,10-11H,9H2,1H3/b7-5+. The van der Waals surface area contributed by atoms with Gasteiger partial charge in [0.15, 0.2) is 5.78 Å². The van der Waals surface area contributed by atoms with E-state index >= 15 is 0 Å². The molecular weight excluding hydrogens is 307 g/mol. The minimum atomic E-state index is 0.00863. The molecule has 4 heteroatoms. The van der Waals surface area contributed by atoms with Crippen molar-refractivity contribution in [3.05, 3.63) is 69.7 Å². The molecule has 0 amide bonds. The summed E-state index contributed by atoms with van der Waals surface area (Å²) >= 11 is 11.8. The number of hydrogen-bond acceptors (Lipinski definition) is 2. The summed E-state index contributed by atoms with van der Waals surface area (Å²) in [6.45, 7) is 0. The van der Waals surface area contributed by atoms with Crippen molar-refractivity contribution in [2.24, 2.45) is 0 Å². The Morgan fingerprint density at radius 2 is 1.95 bits per heavy atom. The van der Waals surface area contributed by atoms with Gasteiger partial charge in [-0.25, -0.2) is 0 Å². The summed E-state index contributed by atoms with van der Waals surface area (Å²) in [5, 5.41) is 0.968. The second-order valence-corrected chi connectivity index (χ2v) is 5.32. The molecule has 0 atom stereocenters. The van der Waals surface area contributed by atoms with E-state index in [1.165, 1.54) is 0 Å². The van der Waals surface area contributed by atoms with E-state index in [9.17, 15) is 4.79 Å². The van der Waals surface area contributed by atoms with Gasteiger partial charge in [-0.2, -0.15) is 0 Å². The van der Waals surface area contributed by atoms with Crippen LogP contribution in [-0.2, 0) is 11.2 Å². The Hall–Kier alpha value is -1.77. The molecule has 2 nitrogen and oxygen atoms in total. The number of benzene rings is 2. The lowest BCUT2D eigenvalue weighted by Gasteiger charge is -2.02. The molecule has 0 spiro atoms. The summed E-state index contributed by atoms with van der Waals surface area (Å²) in [5.41, 5.74) is 1.75. The number of hydrogen-bond donors (Lipinski definition) is 0. The van der Waals surface area contributed by atoms with Gasteiger partial charge in [-0.3, -0.25) is 4.79 Å². The molecule has 0 radical (unpaired) electrons. The number of allylic oxidation sites excluding steroid dienone is 1. The van der Waals surface area contributed by atoms with Crippen LogP contribution in [0.15, 0.2) is 48.5 Å². The Labute approximate surface area is 134 Å². The highest BCUT2D eigenvalue weighted by Gasteiger charge is 2.02. The van der Waals surface area contributed by atoms with Crippen LogP contribution in [0.1, 0.15) is 11.1 Å². The number of ether oxygens (including phenoxy) is 1. The van der Waals surface area contributed by atoms with E-state index < -0.39 is 0 Å². The zero-order valence-corrected chi connectivity index (χ0v) is 13.0. The second-order valence-electron chi connectivity index (χ2n) is 4.50. The molecule has 0 saturated carbocycles. The zero-order valence-electron chi connectivity index (χ0n) is 11.5. The predicted molar refractivity (Wildman–Crippen MR) is 87.2 cm³/mol. The van der Waals surface area contributed by atoms with Gasteiger partial charge in [-0.1, -0.05) is 47.5 Å². The summed E-state index contributed by atoms with van der Waals surface area (Å²) in [6, 6.07) is 12.7. The van der Waals surface area contributed by atoms with E-state index in [2.05, 4.69) is 0 Å². The van der Waals surface area contributed by atoms with Gasteiger partial charge in [0.1, 0.15) is 5.75 Å². The van der Waals surface area contributed by atoms with E-state index in [1.54, 1.807) is 31.4 Å². The largest absolute Gasteiger partial charge is 0.497 e. The Bertz CT molecular complexity index is 678. The van der Waals surface area contributed by atoms with Crippen LogP contribution in [0, 0.1) is 0 Å². The number of rotatable bonds is 5. The Kier molecular flexibility index (Phi) is 5.43. The summed E-state index contributed by atoms with van der Waals surface area (Å²) in [7, 11) is 1.60. The predicted octanol–water partition coefficient (Wildman–Crippen LogP) is 4.83. The monoisotopic (exact) mass is 320 g/mol. The quantitative estimate of drug-likeness (QED) is 0.738. The molecule has 0 heterocycles. The maximum atomic E-state index is 12.0. The summed E-state index contributed by atoms with van der Waals surface area (Å²) in [6.07, 6.45) is 3.60. The fourth-order valence-electron chi connectivity index (χ4n) is 1.85. The van der Waals surface area contributed by atoms with Crippen molar-refractivity contribution in [1.29, 1.82) is 0 Å². The molecule has 2 aromatic carbocycles. The van der Waals surface area contributed by atoms with Crippen LogP contribution in [0.25, 0.3) is 6.08 Å². The lowest BCUT2D eigenvalue weighted by molar-refractivity contribution is -0.113. The normalized spacial score (nSPS) is 10.8. The maximum Gasteiger partial charge on any atom is 0.160 e. The summed E-state index contributed by atoms with van der Waals surface area (Å²) < 4.78 is 5.13. The highest BCUT2D eigenvalue weighted by Crippen LogP contribution is 2.23. The van der Waals surface area contributed by atoms with Crippen molar-refractivity contribution in [3.8, 4) is 5.75 Å². The SMILES string of the molecule is COc1cccc(CC(=O)/C=C/c2ccc(Cl)c(Cl)c2)c1. The smallest absolute Gasteiger partial charge is 0.160 e. The van der Waals surface area contributed by atoms with E-state index in [0.29, 0.717) is 16.5 Å². The van der Waals surface area contributed by atoms with Crippen LogP contribution >= 0.6 is 23.2 Å². The van der Waals surface area contributed by atoms with Crippen molar-refractivity contribution >= 4 is 35.1 Å². The van der Waals surface area contributed by atoms with Crippen LogP contribution in [0.2, 0.25) is 10.0 Å².